The predicted molar refractivity (Wildman–Crippen MR) is 98.6 cm³/mol. The molecule has 3 rings (SSSR count). The Morgan fingerprint density at radius 2 is 2.26 bits per heavy atom. The van der Waals surface area contributed by atoms with Gasteiger partial charge in [0.2, 0.25) is 5.95 Å². The molecule has 10 nitrogen and oxygen atoms in total. The largest absolute Gasteiger partial charge is 0.460 e. The normalized spacial score (nSPS) is 23.9. The van der Waals surface area contributed by atoms with Crippen molar-refractivity contribution < 1.29 is 14.6 Å². The predicted octanol–water partition coefficient (Wildman–Crippen LogP) is -0.294. The van der Waals surface area contributed by atoms with Gasteiger partial charge in [-0.25, -0.2) is 4.98 Å². The maximum absolute atomic E-state index is 12.3. The van der Waals surface area contributed by atoms with E-state index in [2.05, 4.69) is 21.5 Å². The molecule has 1 saturated carbocycles. The summed E-state index contributed by atoms with van der Waals surface area (Å²) >= 11 is 0. The van der Waals surface area contributed by atoms with Crippen LogP contribution in [0.1, 0.15) is 26.3 Å². The van der Waals surface area contributed by atoms with Crippen molar-refractivity contribution in [3.63, 3.8) is 0 Å². The van der Waals surface area contributed by atoms with Crippen molar-refractivity contribution in [3.8, 4) is 0 Å². The Morgan fingerprint density at radius 1 is 1.56 bits per heavy atom. The Bertz CT molecular complexity index is 933. The summed E-state index contributed by atoms with van der Waals surface area (Å²) in [5.74, 6) is -1.06. The first-order chi connectivity index (χ1) is 12.7. The number of rotatable bonds is 5. The van der Waals surface area contributed by atoms with E-state index in [0.717, 1.165) is 0 Å². The molecule has 1 aliphatic rings. The molecule has 10 heteroatoms. The van der Waals surface area contributed by atoms with Gasteiger partial charge in [-0.15, -0.1) is 0 Å². The summed E-state index contributed by atoms with van der Waals surface area (Å²) in [7, 11) is 0. The highest BCUT2D eigenvalue weighted by atomic mass is 16.5. The summed E-state index contributed by atoms with van der Waals surface area (Å²) in [5.41, 5.74) is 12.2. The van der Waals surface area contributed by atoms with E-state index >= 15 is 0 Å². The van der Waals surface area contributed by atoms with Gasteiger partial charge in [0.05, 0.1) is 19.0 Å². The van der Waals surface area contributed by atoms with Gasteiger partial charge in [0.1, 0.15) is 12.1 Å². The molecule has 1 aliphatic carbocycles. The molecule has 2 aromatic heterocycles. The van der Waals surface area contributed by atoms with Gasteiger partial charge in [0.15, 0.2) is 11.2 Å². The van der Waals surface area contributed by atoms with Crippen molar-refractivity contribution in [3.05, 3.63) is 28.8 Å². The van der Waals surface area contributed by atoms with Crippen molar-refractivity contribution in [1.82, 2.24) is 19.5 Å². The van der Waals surface area contributed by atoms with Crippen LogP contribution >= 0.6 is 0 Å². The number of nitrogens with one attached hydrogen (secondary N) is 1. The van der Waals surface area contributed by atoms with Crippen molar-refractivity contribution in [2.24, 2.45) is 17.6 Å². The molecule has 4 atom stereocenters. The fourth-order valence-electron chi connectivity index (χ4n) is 3.35. The number of carbonyl (C=O) groups is 1. The second-order valence-corrected chi connectivity index (χ2v) is 7.14. The van der Waals surface area contributed by atoms with Gasteiger partial charge in [0.25, 0.3) is 5.56 Å². The molecule has 27 heavy (non-hydrogen) atoms. The van der Waals surface area contributed by atoms with Crippen LogP contribution in [-0.2, 0) is 9.53 Å². The molecule has 2 heterocycles. The number of aliphatic hydroxyl groups is 1. The lowest BCUT2D eigenvalue weighted by molar-refractivity contribution is -0.153. The maximum atomic E-state index is 12.3. The van der Waals surface area contributed by atoms with Crippen LogP contribution in [0.3, 0.4) is 0 Å². The average Bonchev–Trinajstić information content (AvgIpc) is 3.14. The first-order valence-electron chi connectivity index (χ1n) is 8.72. The molecule has 0 radical (unpaired) electrons. The third-order valence-electron chi connectivity index (χ3n) is 5.05. The van der Waals surface area contributed by atoms with Gasteiger partial charge in [0, 0.05) is 12.3 Å². The standard InChI is InChI=1S/C17H24N6O4/c1-7(2)12(18)16(26)27-11-4-10(8(3)9(11)5-24)23-6-20-13-14(23)21-17(19)22-15(13)25/h6-7,9-12,24H,3-5,18H2,1-2H3,(H3,19,21,22,25)/t9-,10-,11-,12?/m0/s1. The second kappa shape index (κ2) is 7.12. The quantitative estimate of drug-likeness (QED) is 0.408. The summed E-state index contributed by atoms with van der Waals surface area (Å²) in [6.07, 6.45) is 1.25. The molecule has 0 bridgehead atoms. The van der Waals surface area contributed by atoms with E-state index in [1.54, 1.807) is 4.57 Å². The summed E-state index contributed by atoms with van der Waals surface area (Å²) in [5, 5.41) is 9.79. The third-order valence-corrected chi connectivity index (χ3v) is 5.05. The number of aromatic nitrogens is 4. The second-order valence-electron chi connectivity index (χ2n) is 7.14. The molecule has 0 amide bonds. The number of imidazole rings is 1. The van der Waals surface area contributed by atoms with Gasteiger partial charge in [-0.2, -0.15) is 4.98 Å². The Labute approximate surface area is 155 Å². The van der Waals surface area contributed by atoms with E-state index in [1.165, 1.54) is 6.33 Å². The fourth-order valence-corrected chi connectivity index (χ4v) is 3.35. The number of ether oxygens (including phenoxy) is 1. The number of H-pyrrole nitrogens is 1. The molecule has 146 valence electrons. The number of hydrogen-bond acceptors (Lipinski definition) is 8. The molecular weight excluding hydrogens is 352 g/mol. The third kappa shape index (κ3) is 3.33. The van der Waals surface area contributed by atoms with E-state index in [9.17, 15) is 14.7 Å². The number of nitrogens with two attached hydrogens (primary N) is 2. The highest BCUT2D eigenvalue weighted by Gasteiger charge is 2.42. The van der Waals surface area contributed by atoms with Crippen LogP contribution in [0.4, 0.5) is 5.95 Å². The summed E-state index contributed by atoms with van der Waals surface area (Å²) in [4.78, 5) is 34.9. The molecule has 1 fully saturated rings. The van der Waals surface area contributed by atoms with Gasteiger partial charge in [-0.1, -0.05) is 20.4 Å². The van der Waals surface area contributed by atoms with Crippen LogP contribution in [0.15, 0.2) is 23.3 Å². The Kier molecular flexibility index (Phi) is 5.03. The number of carbonyl (C=O) groups excluding carboxylic acids is 1. The van der Waals surface area contributed by atoms with E-state index in [4.69, 9.17) is 16.2 Å². The lowest BCUT2D eigenvalue weighted by Crippen LogP contribution is -2.40. The van der Waals surface area contributed by atoms with E-state index < -0.39 is 29.6 Å². The van der Waals surface area contributed by atoms with Crippen molar-refractivity contribution in [2.45, 2.75) is 38.5 Å². The average molecular weight is 376 g/mol. The van der Waals surface area contributed by atoms with Crippen LogP contribution in [0.5, 0.6) is 0 Å². The number of aliphatic hydroxyl groups excluding tert-OH is 1. The van der Waals surface area contributed by atoms with Crippen molar-refractivity contribution in [1.29, 1.82) is 0 Å². The van der Waals surface area contributed by atoms with Crippen LogP contribution in [0.2, 0.25) is 0 Å². The maximum Gasteiger partial charge on any atom is 0.323 e. The molecule has 0 saturated heterocycles. The van der Waals surface area contributed by atoms with Gasteiger partial charge in [-0.05, 0) is 11.5 Å². The minimum Gasteiger partial charge on any atom is -0.460 e. The zero-order chi connectivity index (χ0) is 19.9. The number of esters is 1. The zero-order valence-corrected chi connectivity index (χ0v) is 15.3. The van der Waals surface area contributed by atoms with Crippen LogP contribution in [0.25, 0.3) is 11.2 Å². The summed E-state index contributed by atoms with van der Waals surface area (Å²) in [6, 6.07) is -1.10. The van der Waals surface area contributed by atoms with Crippen molar-refractivity contribution >= 4 is 23.1 Å². The topological polar surface area (TPSA) is 162 Å². The van der Waals surface area contributed by atoms with Crippen LogP contribution < -0.4 is 17.0 Å². The highest BCUT2D eigenvalue weighted by molar-refractivity contribution is 5.76. The Hall–Kier alpha value is -2.72. The number of nitrogen functional groups attached to an aromatic ring is 1. The van der Waals surface area contributed by atoms with Gasteiger partial charge < -0.3 is 25.9 Å². The van der Waals surface area contributed by atoms with E-state index in [1.807, 2.05) is 13.8 Å². The number of nitrogens with zero attached hydrogens (tertiary/aromatic N) is 3. The smallest absolute Gasteiger partial charge is 0.323 e. The number of fused-ring (bicyclic) bond motifs is 1. The molecule has 6 N–H and O–H groups in total. The highest BCUT2D eigenvalue weighted by Crippen LogP contribution is 2.41. The Balaban J connectivity index is 1.91. The molecule has 0 aliphatic heterocycles. The van der Waals surface area contributed by atoms with Crippen molar-refractivity contribution in [2.75, 3.05) is 12.3 Å². The lowest BCUT2D eigenvalue weighted by Gasteiger charge is -2.22. The first kappa shape index (κ1) is 19.1. The number of hydrogen-bond donors (Lipinski definition) is 4. The number of aromatic amines is 1. The van der Waals surface area contributed by atoms with E-state index in [0.29, 0.717) is 17.6 Å². The number of anilines is 1. The SMILES string of the molecule is C=C1[C@H](CO)[C@@H](OC(=O)C(N)C(C)C)C[C@@H]1n1cnc2c(=O)[nH]c(N)nc21. The lowest BCUT2D eigenvalue weighted by atomic mass is 10.0. The molecule has 2 aromatic rings. The van der Waals surface area contributed by atoms with Crippen LogP contribution in [-0.4, -0.2) is 49.3 Å². The summed E-state index contributed by atoms with van der Waals surface area (Å²) < 4.78 is 7.23. The minimum atomic E-state index is -0.745. The first-order valence-corrected chi connectivity index (χ1v) is 8.72. The Morgan fingerprint density at radius 3 is 2.89 bits per heavy atom. The summed E-state index contributed by atoms with van der Waals surface area (Å²) in [6.45, 7) is 7.49. The molecule has 1 unspecified atom stereocenters. The molecular formula is C17H24N6O4. The van der Waals surface area contributed by atoms with Gasteiger partial charge in [-0.3, -0.25) is 14.6 Å². The minimum absolute atomic E-state index is 0.0255. The zero-order valence-electron chi connectivity index (χ0n) is 15.3. The molecule has 0 aromatic carbocycles. The molecule has 0 spiro atoms. The van der Waals surface area contributed by atoms with Crippen LogP contribution in [0, 0.1) is 11.8 Å². The monoisotopic (exact) mass is 376 g/mol. The van der Waals surface area contributed by atoms with E-state index in [-0.39, 0.29) is 30.0 Å². The van der Waals surface area contributed by atoms with Gasteiger partial charge >= 0.3 is 5.97 Å². The fraction of sp³-hybridized carbons (Fsp3) is 0.529.